The number of hydrogen-bond donors (Lipinski definition) is 0. The van der Waals surface area contributed by atoms with Crippen molar-refractivity contribution in [1.82, 2.24) is 4.90 Å². The molecule has 2 aliphatic rings. The molecule has 0 amide bonds. The summed E-state index contributed by atoms with van der Waals surface area (Å²) < 4.78 is 5.64. The highest BCUT2D eigenvalue weighted by Gasteiger charge is 2.39. The molecule has 3 nitrogen and oxygen atoms in total. The minimum Gasteiger partial charge on any atom is -1.00 e. The predicted molar refractivity (Wildman–Crippen MR) is 74.5 cm³/mol. The van der Waals surface area contributed by atoms with E-state index in [0.29, 0.717) is 22.7 Å². The van der Waals surface area contributed by atoms with Crippen molar-refractivity contribution >= 4 is 17.6 Å². The van der Waals surface area contributed by atoms with Gasteiger partial charge in [-0.25, -0.2) is 4.79 Å². The molecule has 2 heterocycles. The van der Waals surface area contributed by atoms with E-state index in [1.807, 2.05) is 0 Å². The average molecular weight is 315 g/mol. The monoisotopic (exact) mass is 314 g/mol. The molecule has 0 N–H and O–H groups in total. The van der Waals surface area contributed by atoms with E-state index in [-0.39, 0.29) is 24.5 Å². The van der Waals surface area contributed by atoms with Crippen LogP contribution in [0.3, 0.4) is 0 Å². The molecule has 2 aliphatic heterocycles. The van der Waals surface area contributed by atoms with Gasteiger partial charge in [0.2, 0.25) is 0 Å². The highest BCUT2D eigenvalue weighted by molar-refractivity contribution is 6.30. The van der Waals surface area contributed by atoms with Gasteiger partial charge in [0, 0.05) is 29.9 Å². The number of ether oxygens (including phenoxy) is 1. The second kappa shape index (κ2) is 6.33. The fraction of sp³-hybridized carbons (Fsp3) is 0.533. The maximum atomic E-state index is 12.1. The van der Waals surface area contributed by atoms with Gasteiger partial charge in [0.05, 0.1) is 5.56 Å². The molecule has 110 valence electrons. The van der Waals surface area contributed by atoms with Crippen molar-refractivity contribution in [3.05, 3.63) is 34.9 Å². The maximum Gasteiger partial charge on any atom is 0.338 e. The Bertz CT molecular complexity index is 463. The Kier molecular flexibility index (Phi) is 4.95. The van der Waals surface area contributed by atoms with Gasteiger partial charge in [-0.1, -0.05) is 11.6 Å². The van der Waals surface area contributed by atoms with E-state index in [1.54, 1.807) is 24.3 Å². The van der Waals surface area contributed by atoms with E-state index in [9.17, 15) is 4.79 Å². The minimum atomic E-state index is -0.231. The van der Waals surface area contributed by atoms with Gasteiger partial charge < -0.3 is 22.0 Å². The minimum absolute atomic E-state index is 0. The third-order valence-electron chi connectivity index (χ3n) is 4.41. The Morgan fingerprint density at radius 2 is 1.75 bits per heavy atom. The van der Waals surface area contributed by atoms with Gasteiger partial charge >= 0.3 is 5.97 Å². The summed E-state index contributed by atoms with van der Waals surface area (Å²) in [5.74, 6) is -0.231. The van der Waals surface area contributed by atoms with E-state index in [2.05, 4.69) is 11.9 Å². The largest absolute Gasteiger partial charge is 1.00 e. The molecule has 2 atom stereocenters. The van der Waals surface area contributed by atoms with Gasteiger partial charge in [0.15, 0.2) is 0 Å². The average Bonchev–Trinajstić information content (AvgIpc) is 2.63. The molecule has 2 unspecified atom stereocenters. The SMILES string of the molecule is CN1C2CCC1CC(OC(=O)c1ccc(Cl)cc1)C2.[Cl-]. The summed E-state index contributed by atoms with van der Waals surface area (Å²) in [7, 11) is 2.18. The summed E-state index contributed by atoms with van der Waals surface area (Å²) in [4.78, 5) is 14.5. The van der Waals surface area contributed by atoms with Gasteiger partial charge in [-0.05, 0) is 44.2 Å². The lowest BCUT2D eigenvalue weighted by Gasteiger charge is -2.35. The predicted octanol–water partition coefficient (Wildman–Crippen LogP) is 0.126. The summed E-state index contributed by atoms with van der Waals surface area (Å²) >= 11 is 5.81. The van der Waals surface area contributed by atoms with Gasteiger partial charge in [-0.15, -0.1) is 0 Å². The number of fused-ring (bicyclic) bond motifs is 2. The van der Waals surface area contributed by atoms with Crippen LogP contribution in [0.15, 0.2) is 24.3 Å². The normalized spacial score (nSPS) is 28.8. The second-order valence-corrected chi connectivity index (χ2v) is 5.99. The Balaban J connectivity index is 0.00000147. The van der Waals surface area contributed by atoms with Crippen LogP contribution in [0.1, 0.15) is 36.0 Å². The van der Waals surface area contributed by atoms with E-state index < -0.39 is 0 Å². The topological polar surface area (TPSA) is 29.5 Å². The Morgan fingerprint density at radius 3 is 2.30 bits per heavy atom. The standard InChI is InChI=1S/C15H18ClNO2.ClH/c1-17-12-6-7-13(17)9-14(8-12)19-15(18)10-2-4-11(16)5-3-10;/h2-5,12-14H,6-9H2,1H3;1H/p-1. The van der Waals surface area contributed by atoms with E-state index in [4.69, 9.17) is 16.3 Å². The first-order valence-corrected chi connectivity index (χ1v) is 7.20. The third kappa shape index (κ3) is 3.11. The molecule has 2 fully saturated rings. The molecule has 0 saturated carbocycles. The number of piperidine rings is 1. The zero-order valence-electron chi connectivity index (χ0n) is 11.4. The number of carbonyl (C=O) groups excluding carboxylic acids is 1. The molecule has 5 heteroatoms. The van der Waals surface area contributed by atoms with Crippen molar-refractivity contribution in [3.8, 4) is 0 Å². The zero-order chi connectivity index (χ0) is 13.4. The van der Waals surface area contributed by atoms with Crippen molar-refractivity contribution < 1.29 is 21.9 Å². The van der Waals surface area contributed by atoms with E-state index in [0.717, 1.165) is 12.8 Å². The molecule has 0 aromatic heterocycles. The Morgan fingerprint density at radius 1 is 1.20 bits per heavy atom. The lowest BCUT2D eigenvalue weighted by molar-refractivity contribution is -0.00117. The summed E-state index contributed by atoms with van der Waals surface area (Å²) in [6.45, 7) is 0. The quantitative estimate of drug-likeness (QED) is 0.727. The van der Waals surface area contributed by atoms with Crippen LogP contribution in [0.2, 0.25) is 5.02 Å². The van der Waals surface area contributed by atoms with Crippen molar-refractivity contribution in [2.45, 2.75) is 43.9 Å². The van der Waals surface area contributed by atoms with Crippen LogP contribution in [0, 0.1) is 0 Å². The van der Waals surface area contributed by atoms with Gasteiger partial charge in [0.25, 0.3) is 0 Å². The van der Waals surface area contributed by atoms with Gasteiger partial charge in [0.1, 0.15) is 6.10 Å². The molecular formula is C15H18Cl2NO2-. The number of nitrogens with zero attached hydrogens (tertiary/aromatic N) is 1. The summed E-state index contributed by atoms with van der Waals surface area (Å²) in [5.41, 5.74) is 0.579. The van der Waals surface area contributed by atoms with Crippen LogP contribution < -0.4 is 12.4 Å². The first-order chi connectivity index (χ1) is 9.13. The van der Waals surface area contributed by atoms with Gasteiger partial charge in [-0.2, -0.15) is 0 Å². The van der Waals surface area contributed by atoms with Crippen LogP contribution in [-0.2, 0) is 4.74 Å². The summed E-state index contributed by atoms with van der Waals surface area (Å²) in [6, 6.07) is 8.04. The number of hydrogen-bond acceptors (Lipinski definition) is 3. The molecule has 20 heavy (non-hydrogen) atoms. The van der Waals surface area contributed by atoms with Crippen molar-refractivity contribution in [2.75, 3.05) is 7.05 Å². The molecule has 1 aromatic carbocycles. The van der Waals surface area contributed by atoms with Crippen LogP contribution >= 0.6 is 11.6 Å². The number of esters is 1. The number of halogens is 2. The first kappa shape index (κ1) is 15.6. The fourth-order valence-corrected chi connectivity index (χ4v) is 3.39. The van der Waals surface area contributed by atoms with Crippen LogP contribution in [0.4, 0.5) is 0 Å². The van der Waals surface area contributed by atoms with Crippen LogP contribution in [0.25, 0.3) is 0 Å². The smallest absolute Gasteiger partial charge is 0.338 e. The molecule has 0 radical (unpaired) electrons. The zero-order valence-corrected chi connectivity index (χ0v) is 12.9. The molecule has 1 aromatic rings. The highest BCUT2D eigenvalue weighted by atomic mass is 35.5. The highest BCUT2D eigenvalue weighted by Crippen LogP contribution is 2.35. The van der Waals surface area contributed by atoms with Gasteiger partial charge in [-0.3, -0.25) is 0 Å². The second-order valence-electron chi connectivity index (χ2n) is 5.56. The Hall–Kier alpha value is -0.770. The third-order valence-corrected chi connectivity index (χ3v) is 4.66. The van der Waals surface area contributed by atoms with Crippen molar-refractivity contribution in [1.29, 1.82) is 0 Å². The molecule has 0 aliphatic carbocycles. The number of rotatable bonds is 2. The lowest BCUT2D eigenvalue weighted by atomic mass is 10.0. The van der Waals surface area contributed by atoms with Crippen LogP contribution in [-0.4, -0.2) is 36.1 Å². The summed E-state index contributed by atoms with van der Waals surface area (Å²) in [5, 5.41) is 0.633. The Labute approximate surface area is 130 Å². The van der Waals surface area contributed by atoms with Crippen molar-refractivity contribution in [2.24, 2.45) is 0 Å². The number of benzene rings is 1. The first-order valence-electron chi connectivity index (χ1n) is 6.82. The lowest BCUT2D eigenvalue weighted by Crippen LogP contribution is -3.00. The molecule has 0 spiro atoms. The summed E-state index contributed by atoms with van der Waals surface area (Å²) in [6.07, 6.45) is 4.46. The molecule has 2 bridgehead atoms. The maximum absolute atomic E-state index is 12.1. The molecular weight excluding hydrogens is 297 g/mol. The van der Waals surface area contributed by atoms with E-state index >= 15 is 0 Å². The molecule has 3 rings (SSSR count). The van der Waals surface area contributed by atoms with Crippen molar-refractivity contribution in [3.63, 3.8) is 0 Å². The fourth-order valence-electron chi connectivity index (χ4n) is 3.26. The number of carbonyl (C=O) groups is 1. The van der Waals surface area contributed by atoms with E-state index in [1.165, 1.54) is 12.8 Å². The molecule has 2 saturated heterocycles. The van der Waals surface area contributed by atoms with Crippen LogP contribution in [0.5, 0.6) is 0 Å².